The number of carbonyl (C=O) groups excluding carboxylic acids is 1. The molecule has 4 heteroatoms. The van der Waals surface area contributed by atoms with E-state index in [1.54, 1.807) is 0 Å². The first-order chi connectivity index (χ1) is 3.85. The Hall–Kier alpha value is -0.0962. The standard InChI is InChI=1S/C5H15NOSi2/c1-9(2,3)5(8)4(6)7/h5H,1-3,8H3,(H2,6,7). The van der Waals surface area contributed by atoms with E-state index in [0.29, 0.717) is 0 Å². The van der Waals surface area contributed by atoms with E-state index < -0.39 is 8.07 Å². The summed E-state index contributed by atoms with van der Waals surface area (Å²) in [4.78, 5) is 10.6. The van der Waals surface area contributed by atoms with E-state index in [2.05, 4.69) is 19.6 Å². The molecule has 1 atom stereocenters. The minimum atomic E-state index is -1.24. The molecule has 1 unspecified atom stereocenters. The number of hydrogen-bond donors (Lipinski definition) is 1. The van der Waals surface area contributed by atoms with Gasteiger partial charge in [-0.05, 0) is 0 Å². The monoisotopic (exact) mass is 161 g/mol. The van der Waals surface area contributed by atoms with Gasteiger partial charge in [-0.15, -0.1) is 0 Å². The van der Waals surface area contributed by atoms with Gasteiger partial charge in [-0.25, -0.2) is 0 Å². The Morgan fingerprint density at radius 3 is 1.89 bits per heavy atom. The van der Waals surface area contributed by atoms with Crippen LogP contribution in [0.3, 0.4) is 0 Å². The number of hydrogen-bond acceptors (Lipinski definition) is 1. The lowest BCUT2D eigenvalue weighted by Crippen LogP contribution is -2.37. The lowest BCUT2D eigenvalue weighted by molar-refractivity contribution is -0.116. The third-order valence-electron chi connectivity index (χ3n) is 1.73. The molecule has 0 spiro atoms. The van der Waals surface area contributed by atoms with Crippen LogP contribution in [0.5, 0.6) is 0 Å². The predicted molar refractivity (Wildman–Crippen MR) is 46.2 cm³/mol. The number of amides is 1. The summed E-state index contributed by atoms with van der Waals surface area (Å²) in [6.45, 7) is 6.53. The Morgan fingerprint density at radius 1 is 1.56 bits per heavy atom. The van der Waals surface area contributed by atoms with Gasteiger partial charge in [0.1, 0.15) is 0 Å². The predicted octanol–water partition coefficient (Wildman–Crippen LogP) is -0.497. The van der Waals surface area contributed by atoms with Crippen molar-refractivity contribution in [3.63, 3.8) is 0 Å². The van der Waals surface area contributed by atoms with Crippen LogP contribution in [0.15, 0.2) is 0 Å². The first kappa shape index (κ1) is 8.90. The number of nitrogens with two attached hydrogens (primary N) is 1. The molecule has 0 bridgehead atoms. The number of carbonyl (C=O) groups is 1. The van der Waals surface area contributed by atoms with E-state index in [1.807, 2.05) is 0 Å². The summed E-state index contributed by atoms with van der Waals surface area (Å²) in [5.41, 5.74) is 5.15. The molecule has 0 aromatic heterocycles. The topological polar surface area (TPSA) is 43.1 Å². The molecule has 0 aliphatic heterocycles. The van der Waals surface area contributed by atoms with Gasteiger partial charge in [-0.2, -0.15) is 0 Å². The molecule has 2 N–H and O–H groups in total. The average Bonchev–Trinajstić information content (AvgIpc) is 1.62. The normalized spacial score (nSPS) is 15.4. The molecule has 0 radical (unpaired) electrons. The van der Waals surface area contributed by atoms with Gasteiger partial charge in [0.15, 0.2) is 0 Å². The summed E-state index contributed by atoms with van der Waals surface area (Å²) in [5, 5.41) is 0.234. The molecule has 0 aromatic rings. The van der Waals surface area contributed by atoms with Crippen LogP contribution in [0, 0.1) is 0 Å². The maximum Gasteiger partial charge on any atom is 0.214 e. The van der Waals surface area contributed by atoms with Gasteiger partial charge in [0.05, 0.1) is 8.07 Å². The van der Waals surface area contributed by atoms with E-state index in [0.717, 1.165) is 10.2 Å². The second-order valence-electron chi connectivity index (χ2n) is 3.49. The van der Waals surface area contributed by atoms with E-state index in [4.69, 9.17) is 5.73 Å². The SMILES string of the molecule is C[Si](C)(C)C([SiH3])C(N)=O. The fourth-order valence-electron chi connectivity index (χ4n) is 0.427. The van der Waals surface area contributed by atoms with E-state index >= 15 is 0 Å². The van der Waals surface area contributed by atoms with Crippen molar-refractivity contribution < 1.29 is 4.79 Å². The number of rotatable bonds is 2. The van der Waals surface area contributed by atoms with Crippen LogP contribution >= 0.6 is 0 Å². The first-order valence-corrected chi connectivity index (χ1v) is 7.88. The first-order valence-electron chi connectivity index (χ1n) is 3.15. The molecule has 0 fully saturated rings. The van der Waals surface area contributed by atoms with Gasteiger partial charge in [0.2, 0.25) is 5.91 Å². The summed E-state index contributed by atoms with van der Waals surface area (Å²) in [7, 11) is -0.317. The molecule has 2 nitrogen and oxygen atoms in total. The molecule has 0 aliphatic rings. The van der Waals surface area contributed by atoms with Gasteiger partial charge >= 0.3 is 0 Å². The lowest BCUT2D eigenvalue weighted by atomic mass is 10.7. The van der Waals surface area contributed by atoms with Crippen LogP contribution in [0.25, 0.3) is 0 Å². The quantitative estimate of drug-likeness (QED) is 0.545. The van der Waals surface area contributed by atoms with Crippen molar-refractivity contribution in [1.82, 2.24) is 0 Å². The molecule has 0 saturated carbocycles. The summed E-state index contributed by atoms with van der Waals surface area (Å²) < 4.78 is 0. The van der Waals surface area contributed by atoms with Crippen LogP contribution in [0.4, 0.5) is 0 Å². The largest absolute Gasteiger partial charge is 0.370 e. The second kappa shape index (κ2) is 2.66. The molecule has 9 heavy (non-hydrogen) atoms. The smallest absolute Gasteiger partial charge is 0.214 e. The van der Waals surface area contributed by atoms with Crippen LogP contribution in [-0.2, 0) is 4.79 Å². The third-order valence-corrected chi connectivity index (χ3v) is 10.4. The molecular weight excluding hydrogens is 146 g/mol. The van der Waals surface area contributed by atoms with Crippen molar-refractivity contribution in [3.8, 4) is 0 Å². The molecule has 0 aliphatic carbocycles. The lowest BCUT2D eigenvalue weighted by Gasteiger charge is -2.21. The van der Waals surface area contributed by atoms with Crippen LogP contribution < -0.4 is 5.73 Å². The Bertz CT molecular complexity index is 119. The van der Waals surface area contributed by atoms with Gasteiger partial charge in [0, 0.05) is 15.4 Å². The maximum atomic E-state index is 10.6. The van der Waals surface area contributed by atoms with Crippen LogP contribution in [0.1, 0.15) is 0 Å². The van der Waals surface area contributed by atoms with Crippen molar-refractivity contribution in [2.45, 2.75) is 24.8 Å². The second-order valence-corrected chi connectivity index (χ2v) is 11.4. The zero-order valence-corrected chi connectivity index (χ0v) is 9.56. The zero-order chi connectivity index (χ0) is 7.65. The fourth-order valence-corrected chi connectivity index (χ4v) is 1.28. The minimum absolute atomic E-state index is 0.0965. The highest BCUT2D eigenvalue weighted by Crippen LogP contribution is 2.16. The molecule has 0 aromatic carbocycles. The summed E-state index contributed by atoms with van der Waals surface area (Å²) in [6.07, 6.45) is 0. The van der Waals surface area contributed by atoms with Gasteiger partial charge in [-0.1, -0.05) is 19.6 Å². The maximum absolute atomic E-state index is 10.6. The molecule has 54 valence electrons. The van der Waals surface area contributed by atoms with Crippen LogP contribution in [-0.4, -0.2) is 24.2 Å². The Balaban J connectivity index is 4.04. The van der Waals surface area contributed by atoms with Crippen molar-refractivity contribution >= 4 is 24.2 Å². The Labute approximate surface area is 60.3 Å². The van der Waals surface area contributed by atoms with Crippen molar-refractivity contribution in [2.75, 3.05) is 0 Å². The van der Waals surface area contributed by atoms with Gasteiger partial charge in [-0.3, -0.25) is 4.79 Å². The highest BCUT2D eigenvalue weighted by Gasteiger charge is 2.26. The van der Waals surface area contributed by atoms with Crippen molar-refractivity contribution in [1.29, 1.82) is 0 Å². The Morgan fingerprint density at radius 2 is 1.89 bits per heavy atom. The summed E-state index contributed by atoms with van der Waals surface area (Å²) >= 11 is 0. The molecular formula is C5H15NOSi2. The zero-order valence-electron chi connectivity index (χ0n) is 6.56. The highest BCUT2D eigenvalue weighted by atomic mass is 28.4. The molecule has 1 amide bonds. The molecule has 0 saturated heterocycles. The van der Waals surface area contributed by atoms with E-state index in [1.165, 1.54) is 0 Å². The molecule has 0 heterocycles. The Kier molecular flexibility index (Phi) is 2.63. The number of primary amides is 1. The molecule has 0 rings (SSSR count). The van der Waals surface area contributed by atoms with Crippen molar-refractivity contribution in [2.24, 2.45) is 5.73 Å². The summed E-state index contributed by atoms with van der Waals surface area (Å²) in [6, 6.07) is 0. The third kappa shape index (κ3) is 2.81. The van der Waals surface area contributed by atoms with Gasteiger partial charge in [0.25, 0.3) is 0 Å². The van der Waals surface area contributed by atoms with E-state index in [9.17, 15) is 4.79 Å². The fraction of sp³-hybridized carbons (Fsp3) is 0.800. The highest BCUT2D eigenvalue weighted by molar-refractivity contribution is 6.86. The van der Waals surface area contributed by atoms with Crippen molar-refractivity contribution in [3.05, 3.63) is 0 Å². The average molecular weight is 161 g/mol. The summed E-state index contributed by atoms with van der Waals surface area (Å²) in [5.74, 6) is -0.0965. The minimum Gasteiger partial charge on any atom is -0.370 e. The van der Waals surface area contributed by atoms with E-state index in [-0.39, 0.29) is 11.1 Å². The van der Waals surface area contributed by atoms with Gasteiger partial charge < -0.3 is 5.73 Å². The van der Waals surface area contributed by atoms with Crippen LogP contribution in [0.2, 0.25) is 24.8 Å².